The van der Waals surface area contributed by atoms with Crippen LogP contribution in [0.25, 0.3) is 0 Å². The van der Waals surface area contributed by atoms with E-state index in [0.717, 1.165) is 10.0 Å². The lowest BCUT2D eigenvalue weighted by Crippen LogP contribution is -2.15. The Balaban J connectivity index is 2.82. The summed E-state index contributed by atoms with van der Waals surface area (Å²) in [4.78, 5) is 14.2. The smallest absolute Gasteiger partial charge is 0.305 e. The van der Waals surface area contributed by atoms with Gasteiger partial charge in [-0.15, -0.1) is 0 Å². The molecule has 3 N–H and O–H groups in total. The molecule has 5 heteroatoms. The maximum absolute atomic E-state index is 10.4. The van der Waals surface area contributed by atoms with Crippen LogP contribution in [0.4, 0.5) is 0 Å². The Morgan fingerprint density at radius 3 is 3.00 bits per heavy atom. The minimum absolute atomic E-state index is 0.0807. The number of nitrogens with two attached hydrogens (primary N) is 1. The van der Waals surface area contributed by atoms with E-state index in [1.54, 1.807) is 18.5 Å². The zero-order valence-electron chi connectivity index (χ0n) is 6.77. The van der Waals surface area contributed by atoms with Crippen LogP contribution >= 0.6 is 15.9 Å². The van der Waals surface area contributed by atoms with Crippen molar-refractivity contribution < 1.29 is 9.90 Å². The van der Waals surface area contributed by atoms with E-state index in [0.29, 0.717) is 0 Å². The number of halogens is 1. The number of aromatic nitrogens is 1. The fourth-order valence-corrected chi connectivity index (χ4v) is 1.53. The molecular formula is C8H9BrN2O2. The van der Waals surface area contributed by atoms with Crippen LogP contribution in [0.3, 0.4) is 0 Å². The maximum atomic E-state index is 10.4. The number of carboxylic acids is 1. The number of carbonyl (C=O) groups is 1. The van der Waals surface area contributed by atoms with Crippen molar-refractivity contribution in [3.8, 4) is 0 Å². The summed E-state index contributed by atoms with van der Waals surface area (Å²) in [6.45, 7) is 0. The standard InChI is InChI=1S/C8H9BrN2O2/c9-6-4-11-2-1-5(6)7(10)3-8(12)13/h1-2,4,7H,3,10H2,(H,12,13). The van der Waals surface area contributed by atoms with Gasteiger partial charge in [-0.25, -0.2) is 0 Å². The highest BCUT2D eigenvalue weighted by Gasteiger charge is 2.12. The van der Waals surface area contributed by atoms with Crippen molar-refractivity contribution in [1.82, 2.24) is 4.98 Å². The molecule has 0 saturated carbocycles. The molecule has 0 aliphatic heterocycles. The lowest BCUT2D eigenvalue weighted by atomic mass is 10.1. The predicted octanol–water partition coefficient (Wildman–Crippen LogP) is 1.32. The molecule has 1 heterocycles. The lowest BCUT2D eigenvalue weighted by molar-refractivity contribution is -0.137. The summed E-state index contributed by atoms with van der Waals surface area (Å²) in [6, 6.07) is 1.22. The van der Waals surface area contributed by atoms with E-state index in [1.165, 1.54) is 0 Å². The lowest BCUT2D eigenvalue weighted by Gasteiger charge is -2.10. The Bertz CT molecular complexity index is 317. The van der Waals surface area contributed by atoms with Gasteiger partial charge in [-0.1, -0.05) is 0 Å². The molecule has 0 aliphatic carbocycles. The normalized spacial score (nSPS) is 12.5. The van der Waals surface area contributed by atoms with Crippen LogP contribution in [0.5, 0.6) is 0 Å². The van der Waals surface area contributed by atoms with E-state index in [-0.39, 0.29) is 6.42 Å². The van der Waals surface area contributed by atoms with E-state index in [9.17, 15) is 4.79 Å². The van der Waals surface area contributed by atoms with Gasteiger partial charge in [0.1, 0.15) is 0 Å². The van der Waals surface area contributed by atoms with Crippen LogP contribution < -0.4 is 5.73 Å². The molecule has 1 atom stereocenters. The molecule has 4 nitrogen and oxygen atoms in total. The Morgan fingerprint density at radius 1 is 1.77 bits per heavy atom. The van der Waals surface area contributed by atoms with Gasteiger partial charge in [-0.3, -0.25) is 9.78 Å². The summed E-state index contributed by atoms with van der Waals surface area (Å²) < 4.78 is 0.740. The number of rotatable bonds is 3. The minimum Gasteiger partial charge on any atom is -0.481 e. The monoisotopic (exact) mass is 244 g/mol. The molecule has 1 aromatic rings. The van der Waals surface area contributed by atoms with Gasteiger partial charge in [0.15, 0.2) is 0 Å². The molecule has 70 valence electrons. The van der Waals surface area contributed by atoms with Crippen LogP contribution in [-0.2, 0) is 4.79 Å². The van der Waals surface area contributed by atoms with E-state index in [4.69, 9.17) is 10.8 Å². The van der Waals surface area contributed by atoms with Crippen molar-refractivity contribution in [3.05, 3.63) is 28.5 Å². The second-order valence-electron chi connectivity index (χ2n) is 2.60. The largest absolute Gasteiger partial charge is 0.481 e. The first-order valence-corrected chi connectivity index (χ1v) is 4.47. The van der Waals surface area contributed by atoms with Gasteiger partial charge in [0.25, 0.3) is 0 Å². The van der Waals surface area contributed by atoms with Crippen LogP contribution in [0.1, 0.15) is 18.0 Å². The maximum Gasteiger partial charge on any atom is 0.305 e. The molecule has 0 fully saturated rings. The zero-order chi connectivity index (χ0) is 9.84. The van der Waals surface area contributed by atoms with Crippen molar-refractivity contribution >= 4 is 21.9 Å². The quantitative estimate of drug-likeness (QED) is 0.841. The molecule has 0 aromatic carbocycles. The Kier molecular flexibility index (Phi) is 3.39. The molecule has 0 bridgehead atoms. The molecule has 1 rings (SSSR count). The second kappa shape index (κ2) is 4.34. The van der Waals surface area contributed by atoms with Crippen molar-refractivity contribution in [1.29, 1.82) is 0 Å². The zero-order valence-corrected chi connectivity index (χ0v) is 8.36. The number of aliphatic carboxylic acids is 1. The number of nitrogens with zero attached hydrogens (tertiary/aromatic N) is 1. The molecule has 0 saturated heterocycles. The summed E-state index contributed by atoms with van der Waals surface area (Å²) in [5.74, 6) is -0.906. The second-order valence-corrected chi connectivity index (χ2v) is 3.46. The number of pyridine rings is 1. The summed E-state index contributed by atoms with van der Waals surface area (Å²) in [5, 5.41) is 8.53. The highest BCUT2D eigenvalue weighted by atomic mass is 79.9. The van der Waals surface area contributed by atoms with Crippen molar-refractivity contribution in [2.75, 3.05) is 0 Å². The molecule has 13 heavy (non-hydrogen) atoms. The van der Waals surface area contributed by atoms with Crippen molar-refractivity contribution in [2.24, 2.45) is 5.73 Å². The summed E-state index contributed by atoms with van der Waals surface area (Å²) in [5.41, 5.74) is 6.42. The third kappa shape index (κ3) is 2.78. The Labute approximate surface area is 83.9 Å². The predicted molar refractivity (Wildman–Crippen MR) is 51.1 cm³/mol. The Morgan fingerprint density at radius 2 is 2.46 bits per heavy atom. The fourth-order valence-electron chi connectivity index (χ4n) is 0.985. The van der Waals surface area contributed by atoms with Crippen molar-refractivity contribution in [3.63, 3.8) is 0 Å². The average Bonchev–Trinajstić information content (AvgIpc) is 2.03. The van der Waals surface area contributed by atoms with Gasteiger partial charge >= 0.3 is 5.97 Å². The first-order valence-electron chi connectivity index (χ1n) is 3.68. The van der Waals surface area contributed by atoms with Gasteiger partial charge in [-0.05, 0) is 27.6 Å². The molecule has 0 spiro atoms. The summed E-state index contributed by atoms with van der Waals surface area (Å²) in [7, 11) is 0. The van der Waals surface area contributed by atoms with Crippen LogP contribution in [0.15, 0.2) is 22.9 Å². The van der Waals surface area contributed by atoms with E-state index < -0.39 is 12.0 Å². The van der Waals surface area contributed by atoms with Crippen LogP contribution in [0.2, 0.25) is 0 Å². The highest BCUT2D eigenvalue weighted by Crippen LogP contribution is 2.22. The summed E-state index contributed by atoms with van der Waals surface area (Å²) in [6.07, 6.45) is 3.10. The van der Waals surface area contributed by atoms with Gasteiger partial charge in [0.2, 0.25) is 0 Å². The molecule has 0 aliphatic rings. The molecule has 0 amide bonds. The van der Waals surface area contributed by atoms with E-state index >= 15 is 0 Å². The fraction of sp³-hybridized carbons (Fsp3) is 0.250. The van der Waals surface area contributed by atoms with Crippen molar-refractivity contribution in [2.45, 2.75) is 12.5 Å². The number of hydrogen-bond donors (Lipinski definition) is 2. The van der Waals surface area contributed by atoms with E-state index in [1.807, 2.05) is 0 Å². The first-order chi connectivity index (χ1) is 6.11. The topological polar surface area (TPSA) is 76.2 Å². The first kappa shape index (κ1) is 10.1. The molecule has 0 radical (unpaired) electrons. The van der Waals surface area contributed by atoms with Crippen LogP contribution in [-0.4, -0.2) is 16.1 Å². The number of carboxylic acid groups (broad SMARTS) is 1. The van der Waals surface area contributed by atoms with Gasteiger partial charge in [-0.2, -0.15) is 0 Å². The molecular weight excluding hydrogens is 236 g/mol. The van der Waals surface area contributed by atoms with E-state index in [2.05, 4.69) is 20.9 Å². The Hall–Kier alpha value is -0.940. The van der Waals surface area contributed by atoms with Crippen LogP contribution in [0, 0.1) is 0 Å². The SMILES string of the molecule is NC(CC(=O)O)c1ccncc1Br. The third-order valence-electron chi connectivity index (χ3n) is 1.60. The summed E-state index contributed by atoms with van der Waals surface area (Å²) >= 11 is 3.25. The third-order valence-corrected chi connectivity index (χ3v) is 2.26. The minimum atomic E-state index is -0.906. The molecule has 1 aromatic heterocycles. The van der Waals surface area contributed by atoms with Gasteiger partial charge < -0.3 is 10.8 Å². The molecule has 1 unspecified atom stereocenters. The van der Waals surface area contributed by atoms with Gasteiger partial charge in [0, 0.05) is 22.9 Å². The highest BCUT2D eigenvalue weighted by molar-refractivity contribution is 9.10. The number of hydrogen-bond acceptors (Lipinski definition) is 3. The van der Waals surface area contributed by atoms with Gasteiger partial charge in [0.05, 0.1) is 6.42 Å². The average molecular weight is 245 g/mol.